The lowest BCUT2D eigenvalue weighted by molar-refractivity contribution is 0.122. The molecule has 1 aromatic carbocycles. The van der Waals surface area contributed by atoms with Crippen molar-refractivity contribution in [3.8, 4) is 0 Å². The summed E-state index contributed by atoms with van der Waals surface area (Å²) in [6.07, 6.45) is 2.53. The summed E-state index contributed by atoms with van der Waals surface area (Å²) in [7, 11) is 0. The number of nitrogens with zero attached hydrogens (tertiary/aromatic N) is 3. The van der Waals surface area contributed by atoms with Crippen LogP contribution < -0.4 is 16.0 Å². The first-order chi connectivity index (χ1) is 12.3. The minimum atomic E-state index is 0.541. The van der Waals surface area contributed by atoms with E-state index in [4.69, 9.17) is 10.5 Å². The van der Waals surface area contributed by atoms with Crippen molar-refractivity contribution in [1.29, 1.82) is 0 Å². The van der Waals surface area contributed by atoms with Crippen LogP contribution in [0.3, 0.4) is 0 Å². The maximum Gasteiger partial charge on any atom is 0.188 e. The summed E-state index contributed by atoms with van der Waals surface area (Å²) in [6, 6.07) is 9.03. The molecule has 2 heterocycles. The average molecular weight is 345 g/mol. The number of hydrogen-bond donors (Lipinski definition) is 2. The van der Waals surface area contributed by atoms with Gasteiger partial charge in [0.1, 0.15) is 0 Å². The SMILES string of the molecule is CCN1CCCC1CNC(N)=NCc1ccccc1N1CCOCC1. The average Bonchev–Trinajstić information content (AvgIpc) is 3.13. The highest BCUT2D eigenvalue weighted by molar-refractivity contribution is 5.78. The third kappa shape index (κ3) is 4.86. The summed E-state index contributed by atoms with van der Waals surface area (Å²) in [5.74, 6) is 0.541. The van der Waals surface area contributed by atoms with Gasteiger partial charge in [0.25, 0.3) is 0 Å². The summed E-state index contributed by atoms with van der Waals surface area (Å²) in [4.78, 5) is 9.45. The van der Waals surface area contributed by atoms with Crippen LogP contribution in [0.4, 0.5) is 5.69 Å². The fraction of sp³-hybridized carbons (Fsp3) is 0.632. The van der Waals surface area contributed by atoms with Gasteiger partial charge in [-0.15, -0.1) is 0 Å². The molecular formula is C19H31N5O. The number of guanidine groups is 1. The van der Waals surface area contributed by atoms with Crippen LogP contribution in [0.25, 0.3) is 0 Å². The molecule has 0 bridgehead atoms. The molecule has 0 radical (unpaired) electrons. The van der Waals surface area contributed by atoms with Gasteiger partial charge in [0, 0.05) is 31.4 Å². The van der Waals surface area contributed by atoms with E-state index in [9.17, 15) is 0 Å². The number of likely N-dealkylation sites (N-methyl/N-ethyl adjacent to an activating group) is 1. The Kier molecular flexibility index (Phi) is 6.53. The number of nitrogens with two attached hydrogens (primary N) is 1. The number of para-hydroxylation sites is 1. The van der Waals surface area contributed by atoms with Gasteiger partial charge in [-0.25, -0.2) is 4.99 Å². The van der Waals surface area contributed by atoms with Crippen molar-refractivity contribution in [3.05, 3.63) is 29.8 Å². The molecule has 0 amide bonds. The highest BCUT2D eigenvalue weighted by atomic mass is 16.5. The molecule has 2 aliphatic heterocycles. The molecule has 138 valence electrons. The predicted molar refractivity (Wildman–Crippen MR) is 103 cm³/mol. The predicted octanol–water partition coefficient (Wildman–Crippen LogP) is 1.41. The fourth-order valence-corrected chi connectivity index (χ4v) is 3.75. The molecule has 3 N–H and O–H groups in total. The van der Waals surface area contributed by atoms with Crippen LogP contribution in [0, 0.1) is 0 Å². The van der Waals surface area contributed by atoms with Gasteiger partial charge in [-0.3, -0.25) is 4.90 Å². The van der Waals surface area contributed by atoms with E-state index in [1.54, 1.807) is 0 Å². The van der Waals surface area contributed by atoms with Gasteiger partial charge in [0.15, 0.2) is 5.96 Å². The van der Waals surface area contributed by atoms with Crippen molar-refractivity contribution in [2.45, 2.75) is 32.4 Å². The molecule has 2 aliphatic rings. The van der Waals surface area contributed by atoms with Crippen LogP contribution in [0.2, 0.25) is 0 Å². The summed E-state index contributed by atoms with van der Waals surface area (Å²) in [5, 5.41) is 3.31. The first-order valence-electron chi connectivity index (χ1n) is 9.46. The number of rotatable bonds is 6. The number of aliphatic imine (C=N–C) groups is 1. The molecule has 1 atom stereocenters. The Morgan fingerprint density at radius 3 is 2.88 bits per heavy atom. The van der Waals surface area contributed by atoms with Gasteiger partial charge < -0.3 is 20.7 Å². The zero-order valence-electron chi connectivity index (χ0n) is 15.3. The highest BCUT2D eigenvalue weighted by Gasteiger charge is 2.22. The number of benzene rings is 1. The number of hydrogen-bond acceptors (Lipinski definition) is 4. The Morgan fingerprint density at radius 2 is 2.08 bits per heavy atom. The van der Waals surface area contributed by atoms with E-state index < -0.39 is 0 Å². The number of morpholine rings is 1. The molecule has 1 unspecified atom stereocenters. The number of ether oxygens (including phenoxy) is 1. The third-order valence-corrected chi connectivity index (χ3v) is 5.19. The maximum atomic E-state index is 6.10. The zero-order chi connectivity index (χ0) is 17.5. The van der Waals surface area contributed by atoms with Crippen molar-refractivity contribution in [2.24, 2.45) is 10.7 Å². The standard InChI is InChI=1S/C19H31N5O/c1-2-23-9-5-7-17(23)15-22-19(20)21-14-16-6-3-4-8-18(16)24-10-12-25-13-11-24/h3-4,6,8,17H,2,5,7,9-15H2,1H3,(H3,20,21,22). The fourth-order valence-electron chi connectivity index (χ4n) is 3.75. The van der Waals surface area contributed by atoms with E-state index in [1.807, 2.05) is 0 Å². The van der Waals surface area contributed by atoms with Crippen molar-refractivity contribution < 1.29 is 4.74 Å². The second kappa shape index (κ2) is 9.06. The molecule has 6 heteroatoms. The van der Waals surface area contributed by atoms with E-state index in [2.05, 4.69) is 51.3 Å². The molecule has 6 nitrogen and oxygen atoms in total. The molecule has 1 aromatic rings. The van der Waals surface area contributed by atoms with Crippen LogP contribution in [0.1, 0.15) is 25.3 Å². The molecular weight excluding hydrogens is 314 g/mol. The van der Waals surface area contributed by atoms with Crippen molar-refractivity contribution in [2.75, 3.05) is 50.8 Å². The smallest absolute Gasteiger partial charge is 0.188 e. The molecule has 25 heavy (non-hydrogen) atoms. The van der Waals surface area contributed by atoms with E-state index in [0.29, 0.717) is 18.5 Å². The van der Waals surface area contributed by atoms with Gasteiger partial charge in [-0.2, -0.15) is 0 Å². The Labute approximate surface area is 151 Å². The van der Waals surface area contributed by atoms with Crippen LogP contribution in [0.5, 0.6) is 0 Å². The lowest BCUT2D eigenvalue weighted by atomic mass is 10.1. The molecule has 0 spiro atoms. The van der Waals surface area contributed by atoms with Crippen LogP contribution in [-0.2, 0) is 11.3 Å². The van der Waals surface area contributed by atoms with Crippen LogP contribution >= 0.6 is 0 Å². The van der Waals surface area contributed by atoms with E-state index in [1.165, 1.54) is 30.6 Å². The second-order valence-electron chi connectivity index (χ2n) is 6.74. The highest BCUT2D eigenvalue weighted by Crippen LogP contribution is 2.22. The number of likely N-dealkylation sites (tertiary alicyclic amines) is 1. The summed E-state index contributed by atoms with van der Waals surface area (Å²) in [5.41, 5.74) is 8.56. The molecule has 0 aromatic heterocycles. The first kappa shape index (κ1) is 18.0. The zero-order valence-corrected chi connectivity index (χ0v) is 15.3. The van der Waals surface area contributed by atoms with Crippen molar-refractivity contribution in [3.63, 3.8) is 0 Å². The van der Waals surface area contributed by atoms with Gasteiger partial charge in [-0.05, 0) is 37.6 Å². The maximum absolute atomic E-state index is 6.10. The van der Waals surface area contributed by atoms with Gasteiger partial charge in [0.2, 0.25) is 0 Å². The van der Waals surface area contributed by atoms with E-state index in [0.717, 1.165) is 39.4 Å². The van der Waals surface area contributed by atoms with E-state index >= 15 is 0 Å². The van der Waals surface area contributed by atoms with Gasteiger partial charge in [-0.1, -0.05) is 25.1 Å². The number of anilines is 1. The topological polar surface area (TPSA) is 66.1 Å². The monoisotopic (exact) mass is 345 g/mol. The Bertz CT molecular complexity index is 571. The Balaban J connectivity index is 1.55. The minimum Gasteiger partial charge on any atom is -0.378 e. The lowest BCUT2D eigenvalue weighted by Gasteiger charge is -2.30. The molecule has 3 rings (SSSR count). The normalized spacial score (nSPS) is 22.4. The summed E-state index contributed by atoms with van der Waals surface area (Å²) in [6.45, 7) is 9.46. The van der Waals surface area contributed by atoms with Crippen molar-refractivity contribution in [1.82, 2.24) is 10.2 Å². The Hall–Kier alpha value is -1.79. The summed E-state index contributed by atoms with van der Waals surface area (Å²) < 4.78 is 5.45. The molecule has 2 fully saturated rings. The third-order valence-electron chi connectivity index (χ3n) is 5.19. The van der Waals surface area contributed by atoms with Crippen molar-refractivity contribution >= 4 is 11.6 Å². The molecule has 2 saturated heterocycles. The quantitative estimate of drug-likeness (QED) is 0.603. The van der Waals surface area contributed by atoms with E-state index in [-0.39, 0.29) is 0 Å². The first-order valence-corrected chi connectivity index (χ1v) is 9.46. The van der Waals surface area contributed by atoms with Gasteiger partial charge in [0.05, 0.1) is 19.8 Å². The van der Waals surface area contributed by atoms with Crippen LogP contribution in [0.15, 0.2) is 29.3 Å². The summed E-state index contributed by atoms with van der Waals surface area (Å²) >= 11 is 0. The molecule has 0 aliphatic carbocycles. The minimum absolute atomic E-state index is 0.541. The Morgan fingerprint density at radius 1 is 1.28 bits per heavy atom. The van der Waals surface area contributed by atoms with Gasteiger partial charge >= 0.3 is 0 Å². The number of nitrogens with one attached hydrogen (secondary N) is 1. The second-order valence-corrected chi connectivity index (χ2v) is 6.74. The largest absolute Gasteiger partial charge is 0.378 e. The van der Waals surface area contributed by atoms with Crippen LogP contribution in [-0.4, -0.2) is 62.8 Å². The molecule has 0 saturated carbocycles. The lowest BCUT2D eigenvalue weighted by Crippen LogP contribution is -2.42.